The van der Waals surface area contributed by atoms with Crippen molar-refractivity contribution in [1.29, 1.82) is 0 Å². The molecule has 0 aliphatic carbocycles. The fourth-order valence-corrected chi connectivity index (χ4v) is 2.05. The molecule has 0 radical (unpaired) electrons. The Labute approximate surface area is 136 Å². The lowest BCUT2D eigenvalue weighted by atomic mass is 10.2. The number of nitrogens with zero attached hydrogens (tertiary/aromatic N) is 2. The van der Waals surface area contributed by atoms with Crippen molar-refractivity contribution in [2.24, 2.45) is 0 Å². The molecule has 0 bridgehead atoms. The van der Waals surface area contributed by atoms with Gasteiger partial charge in [0.15, 0.2) is 6.61 Å². The van der Waals surface area contributed by atoms with E-state index < -0.39 is 0 Å². The zero-order chi connectivity index (χ0) is 16.5. The van der Waals surface area contributed by atoms with Crippen LogP contribution < -0.4 is 9.47 Å². The summed E-state index contributed by atoms with van der Waals surface area (Å²) in [5, 5.41) is 0. The second kappa shape index (κ2) is 8.78. The van der Waals surface area contributed by atoms with E-state index >= 15 is 0 Å². The van der Waals surface area contributed by atoms with Crippen molar-refractivity contribution >= 4 is 5.91 Å². The predicted octanol–water partition coefficient (Wildman–Crippen LogP) is 2.56. The van der Waals surface area contributed by atoms with Crippen LogP contribution >= 0.6 is 0 Å². The quantitative estimate of drug-likeness (QED) is 0.751. The van der Waals surface area contributed by atoms with Crippen LogP contribution in [0.25, 0.3) is 0 Å². The van der Waals surface area contributed by atoms with E-state index in [1.165, 1.54) is 0 Å². The number of rotatable bonds is 8. The molecular formula is C18H22N2O3. The van der Waals surface area contributed by atoms with Crippen molar-refractivity contribution in [3.63, 3.8) is 0 Å². The highest BCUT2D eigenvalue weighted by Gasteiger charge is 2.10. The molecule has 1 heterocycles. The monoisotopic (exact) mass is 314 g/mol. The van der Waals surface area contributed by atoms with Crippen LogP contribution in [0.5, 0.6) is 11.5 Å². The van der Waals surface area contributed by atoms with Crippen LogP contribution in [0.4, 0.5) is 0 Å². The lowest BCUT2D eigenvalue weighted by Gasteiger charge is -2.17. The minimum Gasteiger partial charge on any atom is -0.494 e. The van der Waals surface area contributed by atoms with E-state index in [-0.39, 0.29) is 12.5 Å². The van der Waals surface area contributed by atoms with Crippen molar-refractivity contribution in [3.05, 3.63) is 54.4 Å². The number of ether oxygens (including phenoxy) is 2. The molecule has 1 aromatic heterocycles. The molecule has 0 aliphatic rings. The number of pyridine rings is 1. The normalized spacial score (nSPS) is 10.2. The summed E-state index contributed by atoms with van der Waals surface area (Å²) in [5.41, 5.74) is 1.16. The van der Waals surface area contributed by atoms with Gasteiger partial charge in [0.05, 0.1) is 6.61 Å². The van der Waals surface area contributed by atoms with Gasteiger partial charge in [0.25, 0.3) is 5.91 Å². The average molecular weight is 314 g/mol. The molecule has 0 unspecified atom stereocenters. The average Bonchev–Trinajstić information content (AvgIpc) is 2.59. The summed E-state index contributed by atoms with van der Waals surface area (Å²) in [6.45, 7) is 3.18. The van der Waals surface area contributed by atoms with Crippen LogP contribution in [0.15, 0.2) is 48.8 Å². The Bertz CT molecular complexity index is 617. The molecule has 5 nitrogen and oxygen atoms in total. The molecule has 0 saturated carbocycles. The zero-order valence-corrected chi connectivity index (χ0v) is 13.6. The van der Waals surface area contributed by atoms with Crippen LogP contribution in [-0.4, -0.2) is 42.6 Å². The van der Waals surface area contributed by atoms with Gasteiger partial charge in [-0.05, 0) is 43.2 Å². The van der Waals surface area contributed by atoms with Gasteiger partial charge in [-0.2, -0.15) is 0 Å². The fraction of sp³-hybridized carbons (Fsp3) is 0.333. The number of hydrogen-bond acceptors (Lipinski definition) is 4. The maximum Gasteiger partial charge on any atom is 0.260 e. The molecule has 5 heteroatoms. The summed E-state index contributed by atoms with van der Waals surface area (Å²) < 4.78 is 11.0. The lowest BCUT2D eigenvalue weighted by molar-refractivity contribution is -0.132. The molecule has 0 N–H and O–H groups in total. The maximum absolute atomic E-state index is 12.1. The number of aromatic nitrogens is 1. The summed E-state index contributed by atoms with van der Waals surface area (Å²) >= 11 is 0. The van der Waals surface area contributed by atoms with Gasteiger partial charge in [-0.3, -0.25) is 9.78 Å². The Morgan fingerprint density at radius 2 is 1.83 bits per heavy atom. The van der Waals surface area contributed by atoms with Gasteiger partial charge in [-0.15, -0.1) is 0 Å². The fourth-order valence-electron chi connectivity index (χ4n) is 2.05. The Balaban J connectivity index is 1.78. The van der Waals surface area contributed by atoms with Crippen LogP contribution in [0.3, 0.4) is 0 Å². The van der Waals surface area contributed by atoms with E-state index in [1.807, 2.05) is 37.3 Å². The standard InChI is InChI=1S/C18H22N2O3/c1-3-22-16-5-4-6-17(13-16)23-14-18(21)20(2)12-9-15-7-10-19-11-8-15/h4-8,10-11,13H,3,9,12,14H2,1-2H3. The Hall–Kier alpha value is -2.56. The Morgan fingerprint density at radius 3 is 2.52 bits per heavy atom. The summed E-state index contributed by atoms with van der Waals surface area (Å²) in [7, 11) is 1.78. The zero-order valence-electron chi connectivity index (χ0n) is 13.6. The van der Waals surface area contributed by atoms with Gasteiger partial charge in [0.2, 0.25) is 0 Å². The highest BCUT2D eigenvalue weighted by molar-refractivity contribution is 5.77. The predicted molar refractivity (Wildman–Crippen MR) is 88.7 cm³/mol. The van der Waals surface area contributed by atoms with Crippen molar-refractivity contribution < 1.29 is 14.3 Å². The molecule has 0 aliphatic heterocycles. The van der Waals surface area contributed by atoms with E-state index in [0.29, 0.717) is 18.9 Å². The highest BCUT2D eigenvalue weighted by Crippen LogP contribution is 2.19. The summed E-state index contributed by atoms with van der Waals surface area (Å²) in [4.78, 5) is 17.8. The first-order chi connectivity index (χ1) is 11.2. The van der Waals surface area contributed by atoms with Crippen LogP contribution in [-0.2, 0) is 11.2 Å². The first kappa shape index (κ1) is 16.8. The van der Waals surface area contributed by atoms with Crippen molar-refractivity contribution in [2.45, 2.75) is 13.3 Å². The summed E-state index contributed by atoms with van der Waals surface area (Å²) in [6, 6.07) is 11.2. The molecule has 1 aromatic carbocycles. The van der Waals surface area contributed by atoms with Crippen molar-refractivity contribution in [3.8, 4) is 11.5 Å². The second-order valence-electron chi connectivity index (χ2n) is 5.12. The minimum absolute atomic E-state index is 0.0163. The number of carbonyl (C=O) groups is 1. The maximum atomic E-state index is 12.1. The van der Waals surface area contributed by atoms with Crippen LogP contribution in [0, 0.1) is 0 Å². The summed E-state index contributed by atoms with van der Waals surface area (Å²) in [5.74, 6) is 1.32. The number of benzene rings is 1. The number of likely N-dealkylation sites (N-methyl/N-ethyl adjacent to an activating group) is 1. The number of amides is 1. The third-order valence-corrected chi connectivity index (χ3v) is 3.39. The van der Waals surface area contributed by atoms with Crippen LogP contribution in [0.2, 0.25) is 0 Å². The topological polar surface area (TPSA) is 51.7 Å². The molecule has 0 saturated heterocycles. The van der Waals surface area contributed by atoms with E-state index in [4.69, 9.17) is 9.47 Å². The van der Waals surface area contributed by atoms with E-state index in [0.717, 1.165) is 17.7 Å². The first-order valence-electron chi connectivity index (χ1n) is 7.67. The van der Waals surface area contributed by atoms with Crippen molar-refractivity contribution in [2.75, 3.05) is 26.8 Å². The molecule has 2 rings (SSSR count). The van der Waals surface area contributed by atoms with Gasteiger partial charge in [0.1, 0.15) is 11.5 Å². The lowest BCUT2D eigenvalue weighted by Crippen LogP contribution is -2.33. The Kier molecular flexibility index (Phi) is 6.41. The molecule has 0 atom stereocenters. The minimum atomic E-state index is -0.0548. The molecule has 0 spiro atoms. The van der Waals surface area contributed by atoms with Crippen molar-refractivity contribution in [1.82, 2.24) is 9.88 Å². The van der Waals surface area contributed by atoms with Gasteiger partial charge in [-0.1, -0.05) is 6.07 Å². The van der Waals surface area contributed by atoms with Gasteiger partial charge in [0, 0.05) is 32.1 Å². The number of hydrogen-bond donors (Lipinski definition) is 0. The Morgan fingerprint density at radius 1 is 1.13 bits per heavy atom. The van der Waals surface area contributed by atoms with E-state index in [1.54, 1.807) is 30.4 Å². The highest BCUT2D eigenvalue weighted by atomic mass is 16.5. The third-order valence-electron chi connectivity index (χ3n) is 3.39. The molecule has 122 valence electrons. The smallest absolute Gasteiger partial charge is 0.260 e. The SMILES string of the molecule is CCOc1cccc(OCC(=O)N(C)CCc2ccncc2)c1. The molecule has 0 fully saturated rings. The van der Waals surface area contributed by atoms with Crippen LogP contribution in [0.1, 0.15) is 12.5 Å². The molecule has 2 aromatic rings. The van der Waals surface area contributed by atoms with E-state index in [2.05, 4.69) is 4.98 Å². The van der Waals surface area contributed by atoms with Gasteiger partial charge >= 0.3 is 0 Å². The number of carbonyl (C=O) groups excluding carboxylic acids is 1. The molecule has 1 amide bonds. The second-order valence-corrected chi connectivity index (χ2v) is 5.12. The van der Waals surface area contributed by atoms with Gasteiger partial charge < -0.3 is 14.4 Å². The van der Waals surface area contributed by atoms with Gasteiger partial charge in [-0.25, -0.2) is 0 Å². The largest absolute Gasteiger partial charge is 0.494 e. The third kappa shape index (κ3) is 5.62. The first-order valence-corrected chi connectivity index (χ1v) is 7.67. The molecular weight excluding hydrogens is 292 g/mol. The summed E-state index contributed by atoms with van der Waals surface area (Å²) in [6.07, 6.45) is 4.31. The molecule has 23 heavy (non-hydrogen) atoms. The van der Waals surface area contributed by atoms with E-state index in [9.17, 15) is 4.79 Å².